The van der Waals surface area contributed by atoms with Crippen LogP contribution in [0.3, 0.4) is 0 Å². The lowest BCUT2D eigenvalue weighted by atomic mass is 9.72. The highest BCUT2D eigenvalue weighted by atomic mass is 32.1. The summed E-state index contributed by atoms with van der Waals surface area (Å²) in [6, 6.07) is 3.32. The van der Waals surface area contributed by atoms with Gasteiger partial charge in [0.15, 0.2) is 0 Å². The molecule has 172 valence electrons. The second kappa shape index (κ2) is 6.90. The average molecular weight is 475 g/mol. The van der Waals surface area contributed by atoms with Crippen LogP contribution in [0.5, 0.6) is 0 Å². The monoisotopic (exact) mass is 475 g/mol. The first kappa shape index (κ1) is 20.9. The molecule has 1 spiro atoms. The number of ketones is 1. The van der Waals surface area contributed by atoms with Crippen molar-refractivity contribution < 1.29 is 22.8 Å². The van der Waals surface area contributed by atoms with E-state index in [1.54, 1.807) is 4.90 Å². The topological polar surface area (TPSA) is 89.3 Å². The van der Waals surface area contributed by atoms with E-state index in [2.05, 4.69) is 16.4 Å². The lowest BCUT2D eigenvalue weighted by Gasteiger charge is -2.61. The Morgan fingerprint density at radius 3 is 2.73 bits per heavy atom. The number of fused-ring (bicyclic) bond motifs is 3. The molecule has 1 amide bonds. The summed E-state index contributed by atoms with van der Waals surface area (Å²) < 4.78 is 38.6. The van der Waals surface area contributed by atoms with Gasteiger partial charge in [0.25, 0.3) is 0 Å². The Morgan fingerprint density at radius 1 is 1.33 bits per heavy atom. The second-order valence-corrected chi connectivity index (χ2v) is 10.9. The number of pyridine rings is 1. The van der Waals surface area contributed by atoms with Gasteiger partial charge >= 0.3 is 6.18 Å². The maximum absolute atomic E-state index is 12.9. The molecule has 11 heteroatoms. The molecule has 2 aromatic heterocycles. The highest BCUT2D eigenvalue weighted by Crippen LogP contribution is 2.46. The number of nitriles is 1. The maximum Gasteiger partial charge on any atom is 0.393 e. The minimum Gasteiger partial charge on any atom is -0.368 e. The van der Waals surface area contributed by atoms with Crippen LogP contribution in [0.4, 0.5) is 18.9 Å². The number of thiophene rings is 1. The van der Waals surface area contributed by atoms with Crippen LogP contribution < -0.4 is 10.2 Å². The summed E-state index contributed by atoms with van der Waals surface area (Å²) in [5.41, 5.74) is 0.887. The van der Waals surface area contributed by atoms with Crippen molar-refractivity contribution in [3.8, 4) is 6.07 Å². The molecule has 3 aliphatic heterocycles. The van der Waals surface area contributed by atoms with Gasteiger partial charge in [0.2, 0.25) is 5.91 Å². The SMILES string of the molecule is N#Cc1cnc2sc(CC(F)(F)F)cc2c1N1CC2(CN(C(=O)[C@H]3N[C@@H]4CC(=O)[C@H]3C4)C2)C1. The number of nitrogens with zero attached hydrogens (tertiary/aromatic N) is 4. The van der Waals surface area contributed by atoms with Crippen LogP contribution in [0.2, 0.25) is 0 Å². The van der Waals surface area contributed by atoms with Crippen molar-refractivity contribution in [3.05, 3.63) is 22.7 Å². The van der Waals surface area contributed by atoms with E-state index in [0.29, 0.717) is 54.1 Å². The van der Waals surface area contributed by atoms with Gasteiger partial charge in [-0.3, -0.25) is 9.59 Å². The smallest absolute Gasteiger partial charge is 0.368 e. The molecule has 5 heterocycles. The van der Waals surface area contributed by atoms with Crippen molar-refractivity contribution in [1.82, 2.24) is 15.2 Å². The molecule has 4 fully saturated rings. The van der Waals surface area contributed by atoms with Gasteiger partial charge in [-0.1, -0.05) is 0 Å². The Balaban J connectivity index is 1.16. The first-order valence-electron chi connectivity index (χ1n) is 10.9. The van der Waals surface area contributed by atoms with Crippen LogP contribution in [0.25, 0.3) is 10.2 Å². The Labute approximate surface area is 191 Å². The average Bonchev–Trinajstić information content (AvgIpc) is 3.37. The number of carbonyl (C=O) groups is 2. The first-order valence-corrected chi connectivity index (χ1v) is 11.7. The van der Waals surface area contributed by atoms with Gasteiger partial charge in [0.1, 0.15) is 16.7 Å². The quantitative estimate of drug-likeness (QED) is 0.733. The number of amides is 1. The van der Waals surface area contributed by atoms with Crippen molar-refractivity contribution in [3.63, 3.8) is 0 Å². The normalized spacial score (nSPS) is 27.7. The molecular formula is C22H20F3N5O2S. The zero-order chi connectivity index (χ0) is 23.1. The van der Waals surface area contributed by atoms with E-state index in [9.17, 15) is 28.0 Å². The minimum atomic E-state index is -4.31. The molecule has 3 saturated heterocycles. The van der Waals surface area contributed by atoms with Crippen LogP contribution in [0.15, 0.2) is 12.3 Å². The number of alkyl halides is 3. The number of hydrogen-bond acceptors (Lipinski definition) is 7. The van der Waals surface area contributed by atoms with E-state index in [1.165, 1.54) is 12.3 Å². The molecule has 1 aliphatic carbocycles. The molecule has 1 N–H and O–H groups in total. The van der Waals surface area contributed by atoms with E-state index in [0.717, 1.165) is 17.8 Å². The predicted molar refractivity (Wildman–Crippen MR) is 114 cm³/mol. The van der Waals surface area contributed by atoms with Crippen LogP contribution in [-0.4, -0.2) is 66.0 Å². The number of carbonyl (C=O) groups excluding carboxylic acids is 2. The fourth-order valence-electron chi connectivity index (χ4n) is 5.95. The third kappa shape index (κ3) is 3.30. The first-order chi connectivity index (χ1) is 15.6. The molecule has 7 nitrogen and oxygen atoms in total. The number of rotatable bonds is 3. The third-order valence-corrected chi connectivity index (χ3v) is 8.34. The molecular weight excluding hydrogens is 455 g/mol. The molecule has 0 unspecified atom stereocenters. The fraction of sp³-hybridized carbons (Fsp3) is 0.545. The zero-order valence-electron chi connectivity index (χ0n) is 17.5. The number of likely N-dealkylation sites (tertiary alicyclic amines) is 1. The van der Waals surface area contributed by atoms with Crippen LogP contribution in [0, 0.1) is 22.7 Å². The predicted octanol–water partition coefficient (Wildman–Crippen LogP) is 2.24. The van der Waals surface area contributed by atoms with Gasteiger partial charge in [-0.2, -0.15) is 18.4 Å². The number of piperidine rings is 1. The van der Waals surface area contributed by atoms with Crippen molar-refractivity contribution in [2.45, 2.75) is 37.5 Å². The Morgan fingerprint density at radius 2 is 2.09 bits per heavy atom. The lowest BCUT2D eigenvalue weighted by molar-refractivity contribution is -0.150. The van der Waals surface area contributed by atoms with Crippen molar-refractivity contribution >= 4 is 38.9 Å². The summed E-state index contributed by atoms with van der Waals surface area (Å²) in [4.78, 5) is 33.6. The highest BCUT2D eigenvalue weighted by molar-refractivity contribution is 7.18. The number of halogens is 3. The van der Waals surface area contributed by atoms with Gasteiger partial charge in [-0.25, -0.2) is 4.98 Å². The van der Waals surface area contributed by atoms with Crippen molar-refractivity contribution in [1.29, 1.82) is 5.26 Å². The van der Waals surface area contributed by atoms with Gasteiger partial charge in [-0.05, 0) is 12.5 Å². The number of Topliss-reactive ketones (excluding diaryl/α,β-unsaturated/α-hetero) is 1. The van der Waals surface area contributed by atoms with Crippen molar-refractivity contribution in [2.24, 2.45) is 11.3 Å². The molecule has 1 saturated carbocycles. The second-order valence-electron chi connectivity index (χ2n) is 9.76. The molecule has 6 rings (SSSR count). The summed E-state index contributed by atoms with van der Waals surface area (Å²) >= 11 is 0.999. The Kier molecular flexibility index (Phi) is 4.36. The Bertz CT molecular complexity index is 1220. The molecule has 4 aliphatic rings. The lowest BCUT2D eigenvalue weighted by Crippen LogP contribution is -2.74. The number of anilines is 1. The highest BCUT2D eigenvalue weighted by Gasteiger charge is 2.57. The van der Waals surface area contributed by atoms with E-state index >= 15 is 0 Å². The maximum atomic E-state index is 12.9. The van der Waals surface area contributed by atoms with Gasteiger partial charge in [0.05, 0.1) is 23.7 Å². The van der Waals surface area contributed by atoms with Crippen LogP contribution >= 0.6 is 11.3 Å². The Hall–Kier alpha value is -2.71. The van der Waals surface area contributed by atoms with Gasteiger partial charge in [-0.15, -0.1) is 11.3 Å². The summed E-state index contributed by atoms with van der Waals surface area (Å²) in [5.74, 6) is -0.0449. The summed E-state index contributed by atoms with van der Waals surface area (Å²) in [5, 5.41) is 13.4. The van der Waals surface area contributed by atoms with Crippen LogP contribution in [0.1, 0.15) is 23.3 Å². The standard InChI is InChI=1S/C22H20F3N5O2S/c23-22(24,25)4-13-3-15-18(11(5-26)6-27-19(15)33-13)29-7-21(8-29)9-30(10-21)20(32)17-14-1-12(28-17)2-16(14)31/h3,6,12,14,17,28H,1-2,4,7-10H2/t12-,14+,17-/m0/s1. The number of aromatic nitrogens is 1. The van der Waals surface area contributed by atoms with Crippen molar-refractivity contribution in [2.75, 3.05) is 31.1 Å². The molecule has 0 aromatic carbocycles. The third-order valence-electron chi connectivity index (χ3n) is 7.30. The summed E-state index contributed by atoms with van der Waals surface area (Å²) in [7, 11) is 0. The van der Waals surface area contributed by atoms with E-state index < -0.39 is 18.6 Å². The van der Waals surface area contributed by atoms with E-state index in [4.69, 9.17) is 0 Å². The zero-order valence-corrected chi connectivity index (χ0v) is 18.3. The molecule has 33 heavy (non-hydrogen) atoms. The molecule has 3 atom stereocenters. The fourth-order valence-corrected chi connectivity index (χ4v) is 6.98. The number of nitrogens with one attached hydrogen (secondary N) is 1. The van der Waals surface area contributed by atoms with E-state index in [1.807, 2.05) is 4.90 Å². The van der Waals surface area contributed by atoms with Gasteiger partial charge in [0, 0.05) is 66.4 Å². The number of hydrogen-bond donors (Lipinski definition) is 1. The van der Waals surface area contributed by atoms with Gasteiger partial charge < -0.3 is 15.1 Å². The van der Waals surface area contributed by atoms with Crippen LogP contribution in [-0.2, 0) is 16.0 Å². The summed E-state index contributed by atoms with van der Waals surface area (Å²) in [6.07, 6.45) is -2.64. The molecule has 2 aromatic rings. The summed E-state index contributed by atoms with van der Waals surface area (Å²) in [6.45, 7) is 2.42. The van der Waals surface area contributed by atoms with E-state index in [-0.39, 0.29) is 33.9 Å². The molecule has 2 bridgehead atoms. The largest absolute Gasteiger partial charge is 0.393 e. The molecule has 0 radical (unpaired) electrons. The minimum absolute atomic E-state index is 0.0155.